The molecule has 0 radical (unpaired) electrons. The molecule has 1 N–H and O–H groups in total. The standard InChI is InChI=1S/C12H22O3/c1-9(8-15-10(2)14)4-3-5-11-6-12(11)7-13/h9,11-13H,3-8H2,1-2H3/t9-,11-,12-/m0/s1. The third-order valence-electron chi connectivity index (χ3n) is 3.15. The van der Waals surface area contributed by atoms with E-state index in [-0.39, 0.29) is 5.97 Å². The molecule has 0 saturated heterocycles. The molecule has 3 nitrogen and oxygen atoms in total. The highest BCUT2D eigenvalue weighted by Gasteiger charge is 2.35. The van der Waals surface area contributed by atoms with Gasteiger partial charge in [-0.1, -0.05) is 19.8 Å². The number of carbonyl (C=O) groups excluding carboxylic acids is 1. The van der Waals surface area contributed by atoms with Crippen LogP contribution in [-0.4, -0.2) is 24.3 Å². The van der Waals surface area contributed by atoms with Crippen molar-refractivity contribution in [3.05, 3.63) is 0 Å². The Hall–Kier alpha value is -0.570. The molecule has 0 aromatic rings. The van der Waals surface area contributed by atoms with Gasteiger partial charge in [-0.15, -0.1) is 0 Å². The Kier molecular flexibility index (Phi) is 5.09. The zero-order valence-corrected chi connectivity index (χ0v) is 9.74. The van der Waals surface area contributed by atoms with Crippen molar-refractivity contribution in [1.82, 2.24) is 0 Å². The highest BCUT2D eigenvalue weighted by atomic mass is 16.5. The minimum absolute atomic E-state index is 0.190. The van der Waals surface area contributed by atoms with Crippen LogP contribution in [0.25, 0.3) is 0 Å². The van der Waals surface area contributed by atoms with Gasteiger partial charge in [-0.25, -0.2) is 0 Å². The van der Waals surface area contributed by atoms with E-state index in [0.717, 1.165) is 12.3 Å². The van der Waals surface area contributed by atoms with Crippen LogP contribution in [0.15, 0.2) is 0 Å². The van der Waals surface area contributed by atoms with Crippen LogP contribution in [-0.2, 0) is 9.53 Å². The Morgan fingerprint density at radius 2 is 2.27 bits per heavy atom. The van der Waals surface area contributed by atoms with Crippen molar-refractivity contribution in [2.24, 2.45) is 17.8 Å². The highest BCUT2D eigenvalue weighted by molar-refractivity contribution is 5.65. The van der Waals surface area contributed by atoms with Gasteiger partial charge in [0.1, 0.15) is 0 Å². The fourth-order valence-corrected chi connectivity index (χ4v) is 1.96. The van der Waals surface area contributed by atoms with E-state index in [9.17, 15) is 4.79 Å². The molecule has 0 bridgehead atoms. The molecule has 0 amide bonds. The zero-order valence-electron chi connectivity index (χ0n) is 9.74. The number of rotatable bonds is 7. The van der Waals surface area contributed by atoms with E-state index in [0.29, 0.717) is 25.0 Å². The molecule has 1 aliphatic carbocycles. The number of hydrogen-bond acceptors (Lipinski definition) is 3. The van der Waals surface area contributed by atoms with Gasteiger partial charge >= 0.3 is 5.97 Å². The molecule has 0 aromatic carbocycles. The van der Waals surface area contributed by atoms with Crippen LogP contribution in [0.1, 0.15) is 39.5 Å². The highest BCUT2D eigenvalue weighted by Crippen LogP contribution is 2.41. The predicted octanol–water partition coefficient (Wildman–Crippen LogP) is 1.98. The molecule has 3 atom stereocenters. The molecule has 0 spiro atoms. The molecular formula is C12H22O3. The lowest BCUT2D eigenvalue weighted by Gasteiger charge is -2.10. The first kappa shape index (κ1) is 12.5. The summed E-state index contributed by atoms with van der Waals surface area (Å²) < 4.78 is 4.94. The Morgan fingerprint density at radius 3 is 2.80 bits per heavy atom. The van der Waals surface area contributed by atoms with Gasteiger partial charge in [0.15, 0.2) is 0 Å². The van der Waals surface area contributed by atoms with Gasteiger partial charge in [-0.05, 0) is 30.6 Å². The average molecular weight is 214 g/mol. The minimum Gasteiger partial charge on any atom is -0.466 e. The third-order valence-corrected chi connectivity index (χ3v) is 3.15. The lowest BCUT2D eigenvalue weighted by Crippen LogP contribution is -2.09. The van der Waals surface area contributed by atoms with Crippen molar-refractivity contribution in [2.75, 3.05) is 13.2 Å². The topological polar surface area (TPSA) is 46.5 Å². The van der Waals surface area contributed by atoms with Crippen molar-refractivity contribution < 1.29 is 14.6 Å². The van der Waals surface area contributed by atoms with Crippen LogP contribution in [0.3, 0.4) is 0 Å². The number of esters is 1. The summed E-state index contributed by atoms with van der Waals surface area (Å²) in [5.41, 5.74) is 0. The van der Waals surface area contributed by atoms with Crippen LogP contribution in [0.4, 0.5) is 0 Å². The molecule has 1 aliphatic rings. The second-order valence-electron chi connectivity index (χ2n) is 4.78. The van der Waals surface area contributed by atoms with E-state index in [1.165, 1.54) is 26.2 Å². The Morgan fingerprint density at radius 1 is 1.53 bits per heavy atom. The first-order valence-electron chi connectivity index (χ1n) is 5.87. The number of ether oxygens (including phenoxy) is 1. The zero-order chi connectivity index (χ0) is 11.3. The fourth-order valence-electron chi connectivity index (χ4n) is 1.96. The average Bonchev–Trinajstić information content (AvgIpc) is 2.93. The second kappa shape index (κ2) is 6.11. The normalized spacial score (nSPS) is 26.1. The molecule has 0 aromatic heterocycles. The molecule has 3 heteroatoms. The SMILES string of the molecule is CC(=O)OC[C@@H](C)CCC[C@H]1C[C@H]1CO. The summed E-state index contributed by atoms with van der Waals surface area (Å²) in [5.74, 6) is 1.61. The maximum absolute atomic E-state index is 10.6. The number of aliphatic hydroxyl groups is 1. The molecule has 1 saturated carbocycles. The van der Waals surface area contributed by atoms with Gasteiger partial charge in [0.05, 0.1) is 6.61 Å². The molecule has 88 valence electrons. The van der Waals surface area contributed by atoms with Crippen molar-refractivity contribution in [1.29, 1.82) is 0 Å². The lowest BCUT2D eigenvalue weighted by atomic mass is 10.0. The number of carbonyl (C=O) groups is 1. The summed E-state index contributed by atoms with van der Waals surface area (Å²) in [6.07, 6.45) is 4.72. The van der Waals surface area contributed by atoms with Crippen molar-refractivity contribution in [3.63, 3.8) is 0 Å². The summed E-state index contributed by atoms with van der Waals surface area (Å²) in [5, 5.41) is 8.87. The monoisotopic (exact) mass is 214 g/mol. The maximum Gasteiger partial charge on any atom is 0.302 e. The largest absolute Gasteiger partial charge is 0.466 e. The van der Waals surface area contributed by atoms with E-state index >= 15 is 0 Å². The first-order valence-corrected chi connectivity index (χ1v) is 5.87. The molecular weight excluding hydrogens is 192 g/mol. The molecule has 15 heavy (non-hydrogen) atoms. The Labute approximate surface area is 91.8 Å². The van der Waals surface area contributed by atoms with Crippen LogP contribution in [0.5, 0.6) is 0 Å². The molecule has 0 aliphatic heterocycles. The van der Waals surface area contributed by atoms with E-state index in [4.69, 9.17) is 9.84 Å². The van der Waals surface area contributed by atoms with Crippen molar-refractivity contribution in [3.8, 4) is 0 Å². The number of aliphatic hydroxyl groups excluding tert-OH is 1. The first-order chi connectivity index (χ1) is 7.13. The molecule has 1 fully saturated rings. The number of hydrogen-bond donors (Lipinski definition) is 1. The summed E-state index contributed by atoms with van der Waals surface area (Å²) in [6.45, 7) is 4.46. The Balaban J connectivity index is 1.93. The fraction of sp³-hybridized carbons (Fsp3) is 0.917. The summed E-state index contributed by atoms with van der Waals surface area (Å²) in [6, 6.07) is 0. The van der Waals surface area contributed by atoms with Crippen LogP contribution >= 0.6 is 0 Å². The van der Waals surface area contributed by atoms with E-state index in [1.807, 2.05) is 0 Å². The lowest BCUT2D eigenvalue weighted by molar-refractivity contribution is -0.142. The summed E-state index contributed by atoms with van der Waals surface area (Å²) >= 11 is 0. The predicted molar refractivity (Wildman–Crippen MR) is 58.3 cm³/mol. The van der Waals surface area contributed by atoms with Gasteiger partial charge in [-0.3, -0.25) is 4.79 Å². The van der Waals surface area contributed by atoms with Crippen molar-refractivity contribution >= 4 is 5.97 Å². The van der Waals surface area contributed by atoms with Gasteiger partial charge in [0, 0.05) is 13.5 Å². The van der Waals surface area contributed by atoms with Crippen molar-refractivity contribution in [2.45, 2.75) is 39.5 Å². The third kappa shape index (κ3) is 5.17. The van der Waals surface area contributed by atoms with Crippen LogP contribution in [0, 0.1) is 17.8 Å². The minimum atomic E-state index is -0.190. The Bertz CT molecular complexity index is 203. The van der Waals surface area contributed by atoms with Gasteiger partial charge < -0.3 is 9.84 Å². The molecule has 0 heterocycles. The molecule has 0 unspecified atom stereocenters. The van der Waals surface area contributed by atoms with Crippen LogP contribution < -0.4 is 0 Å². The summed E-state index contributed by atoms with van der Waals surface area (Å²) in [7, 11) is 0. The van der Waals surface area contributed by atoms with Gasteiger partial charge in [0.25, 0.3) is 0 Å². The van der Waals surface area contributed by atoms with Crippen LogP contribution in [0.2, 0.25) is 0 Å². The smallest absolute Gasteiger partial charge is 0.302 e. The van der Waals surface area contributed by atoms with E-state index in [2.05, 4.69) is 6.92 Å². The van der Waals surface area contributed by atoms with Gasteiger partial charge in [-0.2, -0.15) is 0 Å². The van der Waals surface area contributed by atoms with Gasteiger partial charge in [0.2, 0.25) is 0 Å². The second-order valence-corrected chi connectivity index (χ2v) is 4.78. The molecule has 1 rings (SSSR count). The quantitative estimate of drug-likeness (QED) is 0.659. The van der Waals surface area contributed by atoms with E-state index < -0.39 is 0 Å². The maximum atomic E-state index is 10.6. The summed E-state index contributed by atoms with van der Waals surface area (Å²) in [4.78, 5) is 10.6. The van der Waals surface area contributed by atoms with E-state index in [1.54, 1.807) is 0 Å².